The number of nitrogens with one attached hydrogen (secondary N) is 1. The van der Waals surface area contributed by atoms with Crippen molar-refractivity contribution in [2.24, 2.45) is 5.92 Å². The second kappa shape index (κ2) is 7.21. The fourth-order valence-corrected chi connectivity index (χ4v) is 3.25. The van der Waals surface area contributed by atoms with Crippen LogP contribution in [0, 0.1) is 5.92 Å². The molecule has 3 nitrogen and oxygen atoms in total. The van der Waals surface area contributed by atoms with Crippen molar-refractivity contribution in [2.45, 2.75) is 25.8 Å². The van der Waals surface area contributed by atoms with Crippen LogP contribution in [-0.4, -0.2) is 44.3 Å². The molecule has 2 aliphatic heterocycles. The van der Waals surface area contributed by atoms with Crippen LogP contribution in [0.15, 0.2) is 24.3 Å². The van der Waals surface area contributed by atoms with E-state index >= 15 is 0 Å². The Morgan fingerprint density at radius 1 is 1.25 bits per heavy atom. The van der Waals surface area contributed by atoms with Crippen LogP contribution in [-0.2, 0) is 17.7 Å². The molecule has 0 saturated carbocycles. The third-order valence-corrected chi connectivity index (χ3v) is 4.49. The molecule has 3 rings (SSSR count). The van der Waals surface area contributed by atoms with Crippen LogP contribution in [0.5, 0.6) is 0 Å². The van der Waals surface area contributed by atoms with Crippen LogP contribution in [0.1, 0.15) is 24.0 Å². The number of rotatable bonds is 5. The lowest BCUT2D eigenvalue weighted by molar-refractivity contribution is 0.184. The third-order valence-electron chi connectivity index (χ3n) is 4.49. The Labute approximate surface area is 122 Å². The fourth-order valence-electron chi connectivity index (χ4n) is 3.25. The monoisotopic (exact) mass is 274 g/mol. The summed E-state index contributed by atoms with van der Waals surface area (Å²) in [5.41, 5.74) is 3.07. The second-order valence-corrected chi connectivity index (χ2v) is 6.08. The van der Waals surface area contributed by atoms with Gasteiger partial charge in [0.15, 0.2) is 0 Å². The molecule has 110 valence electrons. The quantitative estimate of drug-likeness (QED) is 0.832. The molecule has 1 aromatic carbocycles. The van der Waals surface area contributed by atoms with Gasteiger partial charge in [-0.2, -0.15) is 0 Å². The molecule has 1 N–H and O–H groups in total. The van der Waals surface area contributed by atoms with Crippen molar-refractivity contribution < 1.29 is 4.74 Å². The number of ether oxygens (including phenoxy) is 1. The molecule has 3 heteroatoms. The van der Waals surface area contributed by atoms with Crippen molar-refractivity contribution in [3.63, 3.8) is 0 Å². The summed E-state index contributed by atoms with van der Waals surface area (Å²) in [5, 5.41) is 3.60. The number of fused-ring (bicyclic) bond motifs is 1. The largest absolute Gasteiger partial charge is 0.381 e. The second-order valence-electron chi connectivity index (χ2n) is 6.08. The highest BCUT2D eigenvalue weighted by molar-refractivity contribution is 5.27. The maximum Gasteiger partial charge on any atom is 0.0507 e. The molecule has 1 saturated heterocycles. The molecule has 0 spiro atoms. The highest BCUT2D eigenvalue weighted by atomic mass is 16.5. The lowest BCUT2D eigenvalue weighted by Gasteiger charge is -2.21. The van der Waals surface area contributed by atoms with Crippen molar-refractivity contribution in [3.8, 4) is 0 Å². The predicted octanol–water partition coefficient (Wildman–Crippen LogP) is 2.06. The zero-order chi connectivity index (χ0) is 13.6. The average molecular weight is 274 g/mol. The van der Waals surface area contributed by atoms with E-state index in [0.717, 1.165) is 45.3 Å². The van der Waals surface area contributed by atoms with Crippen LogP contribution in [0.4, 0.5) is 0 Å². The molecule has 20 heavy (non-hydrogen) atoms. The molecule has 1 atom stereocenters. The summed E-state index contributed by atoms with van der Waals surface area (Å²) in [5.74, 6) is 0.736. The summed E-state index contributed by atoms with van der Waals surface area (Å²) in [6, 6.07) is 8.91. The summed E-state index contributed by atoms with van der Waals surface area (Å²) in [6.45, 7) is 7.61. The molecule has 0 bridgehead atoms. The first-order valence-corrected chi connectivity index (χ1v) is 7.99. The van der Waals surface area contributed by atoms with Crippen LogP contribution < -0.4 is 5.32 Å². The van der Waals surface area contributed by atoms with Crippen molar-refractivity contribution in [1.82, 2.24) is 10.2 Å². The minimum atomic E-state index is 0.736. The van der Waals surface area contributed by atoms with Crippen LogP contribution >= 0.6 is 0 Å². The predicted molar refractivity (Wildman–Crippen MR) is 81.8 cm³/mol. The summed E-state index contributed by atoms with van der Waals surface area (Å²) >= 11 is 0. The molecule has 0 aliphatic carbocycles. The third kappa shape index (κ3) is 3.81. The van der Waals surface area contributed by atoms with E-state index in [1.807, 2.05) is 0 Å². The van der Waals surface area contributed by atoms with E-state index in [2.05, 4.69) is 34.5 Å². The van der Waals surface area contributed by atoms with Crippen molar-refractivity contribution in [1.29, 1.82) is 0 Å². The number of aryl methyl sites for hydroxylation is 1. The Bertz CT molecular complexity index is 415. The first-order chi connectivity index (χ1) is 9.92. The summed E-state index contributed by atoms with van der Waals surface area (Å²) < 4.78 is 5.41. The maximum absolute atomic E-state index is 5.41. The molecule has 1 unspecified atom stereocenters. The minimum Gasteiger partial charge on any atom is -0.381 e. The molecule has 1 aromatic rings. The van der Waals surface area contributed by atoms with E-state index in [1.165, 1.54) is 31.4 Å². The molecular formula is C17H26N2O. The van der Waals surface area contributed by atoms with Gasteiger partial charge < -0.3 is 10.1 Å². The highest BCUT2D eigenvalue weighted by Gasteiger charge is 2.16. The molecule has 2 aliphatic rings. The van der Waals surface area contributed by atoms with Gasteiger partial charge in [0.05, 0.1) is 6.61 Å². The molecular weight excluding hydrogens is 248 g/mol. The van der Waals surface area contributed by atoms with Crippen LogP contribution in [0.3, 0.4) is 0 Å². The zero-order valence-corrected chi connectivity index (χ0v) is 12.3. The Hall–Kier alpha value is -0.900. The van der Waals surface area contributed by atoms with Gasteiger partial charge in [0.2, 0.25) is 0 Å². The first kappa shape index (κ1) is 14.1. The van der Waals surface area contributed by atoms with Gasteiger partial charge in [-0.05, 0) is 42.9 Å². The SMILES string of the molecule is c1ccc2c(c1)CCCN(CCNCC1CCOC1)C2. The normalized spacial score (nSPS) is 23.5. The molecule has 0 amide bonds. The van der Waals surface area contributed by atoms with Gasteiger partial charge in [0, 0.05) is 32.8 Å². The lowest BCUT2D eigenvalue weighted by atomic mass is 10.0. The lowest BCUT2D eigenvalue weighted by Crippen LogP contribution is -2.34. The number of nitrogens with zero attached hydrogens (tertiary/aromatic N) is 1. The number of hydrogen-bond acceptors (Lipinski definition) is 3. The summed E-state index contributed by atoms with van der Waals surface area (Å²) in [6.07, 6.45) is 3.75. The van der Waals surface area contributed by atoms with Crippen LogP contribution in [0.2, 0.25) is 0 Å². The average Bonchev–Trinajstić information content (AvgIpc) is 2.89. The smallest absolute Gasteiger partial charge is 0.0507 e. The minimum absolute atomic E-state index is 0.736. The van der Waals surface area contributed by atoms with Gasteiger partial charge in [-0.3, -0.25) is 4.90 Å². The molecule has 1 fully saturated rings. The Kier molecular flexibility index (Phi) is 5.06. The van der Waals surface area contributed by atoms with Crippen molar-refractivity contribution in [2.75, 3.05) is 39.4 Å². The van der Waals surface area contributed by atoms with Gasteiger partial charge >= 0.3 is 0 Å². The van der Waals surface area contributed by atoms with Gasteiger partial charge in [0.1, 0.15) is 0 Å². The van der Waals surface area contributed by atoms with E-state index in [4.69, 9.17) is 4.74 Å². The maximum atomic E-state index is 5.41. The van der Waals surface area contributed by atoms with Crippen molar-refractivity contribution in [3.05, 3.63) is 35.4 Å². The highest BCUT2D eigenvalue weighted by Crippen LogP contribution is 2.18. The summed E-state index contributed by atoms with van der Waals surface area (Å²) in [7, 11) is 0. The number of hydrogen-bond donors (Lipinski definition) is 1. The topological polar surface area (TPSA) is 24.5 Å². The zero-order valence-electron chi connectivity index (χ0n) is 12.3. The Balaban J connectivity index is 1.41. The molecule has 0 radical (unpaired) electrons. The van der Waals surface area contributed by atoms with Gasteiger partial charge in [0.25, 0.3) is 0 Å². The summed E-state index contributed by atoms with van der Waals surface area (Å²) in [4.78, 5) is 2.59. The van der Waals surface area contributed by atoms with E-state index in [-0.39, 0.29) is 0 Å². The van der Waals surface area contributed by atoms with E-state index < -0.39 is 0 Å². The van der Waals surface area contributed by atoms with Crippen LogP contribution in [0.25, 0.3) is 0 Å². The number of benzene rings is 1. The Morgan fingerprint density at radius 3 is 3.00 bits per heavy atom. The van der Waals surface area contributed by atoms with Gasteiger partial charge in [-0.15, -0.1) is 0 Å². The van der Waals surface area contributed by atoms with E-state index in [0.29, 0.717) is 0 Å². The Morgan fingerprint density at radius 2 is 2.15 bits per heavy atom. The fraction of sp³-hybridized carbons (Fsp3) is 0.647. The van der Waals surface area contributed by atoms with Crippen molar-refractivity contribution >= 4 is 0 Å². The van der Waals surface area contributed by atoms with Gasteiger partial charge in [-0.1, -0.05) is 24.3 Å². The molecule has 2 heterocycles. The standard InChI is InChI=1S/C17H26N2O/c1-2-5-17-13-19(9-3-6-16(17)4-1)10-8-18-12-15-7-11-20-14-15/h1-2,4-5,15,18H,3,6-14H2. The van der Waals surface area contributed by atoms with E-state index in [1.54, 1.807) is 5.56 Å². The van der Waals surface area contributed by atoms with Gasteiger partial charge in [-0.25, -0.2) is 0 Å². The first-order valence-electron chi connectivity index (χ1n) is 7.99. The molecule has 0 aromatic heterocycles. The van der Waals surface area contributed by atoms with E-state index in [9.17, 15) is 0 Å².